The van der Waals surface area contributed by atoms with Crippen LogP contribution in [-0.2, 0) is 11.3 Å². The summed E-state index contributed by atoms with van der Waals surface area (Å²) in [4.78, 5) is 18.5. The number of carbonyl (C=O) groups is 1. The van der Waals surface area contributed by atoms with Crippen molar-refractivity contribution in [2.75, 3.05) is 31.2 Å². The Morgan fingerprint density at radius 1 is 1.35 bits per heavy atom. The van der Waals surface area contributed by atoms with Crippen LogP contribution in [0.1, 0.15) is 32.8 Å². The lowest BCUT2D eigenvalue weighted by atomic mass is 10.1. The summed E-state index contributed by atoms with van der Waals surface area (Å²) in [5.41, 5.74) is 2.01. The van der Waals surface area contributed by atoms with Gasteiger partial charge in [0.1, 0.15) is 0 Å². The summed E-state index contributed by atoms with van der Waals surface area (Å²) in [6.45, 7) is 8.85. The van der Waals surface area contributed by atoms with Gasteiger partial charge in [0.05, 0.1) is 0 Å². The molecule has 1 aliphatic heterocycles. The molecule has 2 rings (SSSR count). The number of carbonyl (C=O) groups excluding carboxylic acids is 1. The molecular weight excluding hydrogens is 459 g/mol. The van der Waals surface area contributed by atoms with Crippen molar-refractivity contribution in [1.29, 1.82) is 0 Å². The summed E-state index contributed by atoms with van der Waals surface area (Å²) in [7, 11) is 1.84. The third-order valence-corrected chi connectivity index (χ3v) is 5.67. The van der Waals surface area contributed by atoms with Gasteiger partial charge >= 0.3 is 0 Å². The Balaban J connectivity index is 0.00000338. The molecule has 0 aromatic heterocycles. The number of rotatable bonds is 5. The van der Waals surface area contributed by atoms with E-state index in [1.807, 2.05) is 45.2 Å². The van der Waals surface area contributed by atoms with E-state index in [9.17, 15) is 4.79 Å². The first-order chi connectivity index (χ1) is 12.0. The molecule has 5 nitrogen and oxygen atoms in total. The van der Waals surface area contributed by atoms with Gasteiger partial charge in [0, 0.05) is 49.3 Å². The van der Waals surface area contributed by atoms with E-state index >= 15 is 0 Å². The van der Waals surface area contributed by atoms with Crippen LogP contribution in [0.4, 0.5) is 5.69 Å². The first-order valence-corrected chi connectivity index (χ1v) is 10.0. The summed E-state index contributed by atoms with van der Waals surface area (Å²) in [5, 5.41) is 7.06. The maximum atomic E-state index is 11.7. The van der Waals surface area contributed by atoms with Crippen LogP contribution in [0.15, 0.2) is 29.3 Å². The molecule has 1 unspecified atom stereocenters. The van der Waals surface area contributed by atoms with E-state index < -0.39 is 0 Å². The quantitative estimate of drug-likeness (QED) is 0.375. The van der Waals surface area contributed by atoms with Gasteiger partial charge in [0.25, 0.3) is 0 Å². The molecule has 1 amide bonds. The van der Waals surface area contributed by atoms with Gasteiger partial charge in [-0.15, -0.1) is 24.0 Å². The average molecular weight is 490 g/mol. The zero-order valence-corrected chi connectivity index (χ0v) is 19.3. The van der Waals surface area contributed by atoms with Crippen LogP contribution in [0.2, 0.25) is 0 Å². The zero-order valence-electron chi connectivity index (χ0n) is 16.1. The Morgan fingerprint density at radius 3 is 2.62 bits per heavy atom. The van der Waals surface area contributed by atoms with Gasteiger partial charge in [-0.3, -0.25) is 9.79 Å². The molecule has 1 aromatic carbocycles. The highest BCUT2D eigenvalue weighted by Gasteiger charge is 2.21. The first kappa shape index (κ1) is 23.1. The van der Waals surface area contributed by atoms with Crippen LogP contribution >= 0.6 is 35.7 Å². The van der Waals surface area contributed by atoms with Gasteiger partial charge < -0.3 is 15.5 Å². The van der Waals surface area contributed by atoms with E-state index in [1.165, 1.54) is 12.0 Å². The molecule has 7 heteroatoms. The van der Waals surface area contributed by atoms with E-state index in [0.29, 0.717) is 5.25 Å². The number of anilines is 1. The van der Waals surface area contributed by atoms with Crippen LogP contribution in [-0.4, -0.2) is 47.9 Å². The van der Waals surface area contributed by atoms with Crippen LogP contribution < -0.4 is 10.6 Å². The highest BCUT2D eigenvalue weighted by Crippen LogP contribution is 2.21. The predicted octanol–water partition coefficient (Wildman–Crippen LogP) is 3.80. The van der Waals surface area contributed by atoms with Gasteiger partial charge in [-0.25, -0.2) is 0 Å². The topological polar surface area (TPSA) is 56.7 Å². The summed E-state index contributed by atoms with van der Waals surface area (Å²) < 4.78 is 0. The molecule has 2 N–H and O–H groups in total. The van der Waals surface area contributed by atoms with E-state index in [4.69, 9.17) is 0 Å². The largest absolute Gasteiger partial charge is 0.352 e. The number of amides is 1. The van der Waals surface area contributed by atoms with Gasteiger partial charge in [0.15, 0.2) is 5.96 Å². The Kier molecular flexibility index (Phi) is 10.4. The Labute approximate surface area is 178 Å². The second kappa shape index (κ2) is 11.7. The van der Waals surface area contributed by atoms with E-state index in [-0.39, 0.29) is 35.8 Å². The molecule has 0 spiro atoms. The number of halogens is 1. The lowest BCUT2D eigenvalue weighted by Gasteiger charge is -2.34. The minimum Gasteiger partial charge on any atom is -0.352 e. The molecular formula is C19H31IN4OS. The fraction of sp³-hybridized carbons (Fsp3) is 0.579. The van der Waals surface area contributed by atoms with Crippen molar-refractivity contribution >= 4 is 53.3 Å². The minimum atomic E-state index is -0.0145. The molecule has 1 aromatic rings. The standard InChI is InChI=1S/C19H30N4OS.HI/c1-5-17-13-23(10-11-25-17)19(20-4)21-12-15-6-8-16(9-7-15)22-18(24)14(2)3;/h6-9,14,17H,5,10-13H2,1-4H3,(H,20,21)(H,22,24);1H. The molecule has 1 fully saturated rings. The minimum absolute atomic E-state index is 0. The van der Waals surface area contributed by atoms with E-state index in [1.54, 1.807) is 0 Å². The first-order valence-electron chi connectivity index (χ1n) is 9.00. The molecule has 0 saturated carbocycles. The SMILES string of the molecule is CCC1CN(C(=NC)NCc2ccc(NC(=O)C(C)C)cc2)CCS1.I. The Bertz CT molecular complexity index is 592. The van der Waals surface area contributed by atoms with Crippen LogP contribution in [0, 0.1) is 5.92 Å². The van der Waals surface area contributed by atoms with Crippen LogP contribution in [0.25, 0.3) is 0 Å². The fourth-order valence-corrected chi connectivity index (χ4v) is 3.84. The average Bonchev–Trinajstić information content (AvgIpc) is 2.63. The van der Waals surface area contributed by atoms with Crippen molar-refractivity contribution < 1.29 is 4.79 Å². The third-order valence-electron chi connectivity index (χ3n) is 4.30. The highest BCUT2D eigenvalue weighted by molar-refractivity contribution is 14.0. The Hall–Kier alpha value is -0.960. The number of nitrogens with one attached hydrogen (secondary N) is 2. The summed E-state index contributed by atoms with van der Waals surface area (Å²) >= 11 is 2.06. The molecule has 1 atom stereocenters. The maximum Gasteiger partial charge on any atom is 0.226 e. The monoisotopic (exact) mass is 490 g/mol. The van der Waals surface area contributed by atoms with Crippen LogP contribution in [0.5, 0.6) is 0 Å². The number of nitrogens with zero attached hydrogens (tertiary/aromatic N) is 2. The molecule has 0 aliphatic carbocycles. The molecule has 1 aliphatic rings. The number of aliphatic imine (C=N–C) groups is 1. The second-order valence-corrected chi connectivity index (χ2v) is 8.00. The second-order valence-electron chi connectivity index (χ2n) is 6.59. The van der Waals surface area contributed by atoms with Crippen molar-refractivity contribution in [2.45, 2.75) is 39.0 Å². The number of guanidine groups is 1. The summed E-state index contributed by atoms with van der Waals surface area (Å²) in [6, 6.07) is 7.98. The Morgan fingerprint density at radius 2 is 2.04 bits per heavy atom. The third kappa shape index (κ3) is 6.98. The van der Waals surface area contributed by atoms with Gasteiger partial charge in [0.2, 0.25) is 5.91 Å². The number of thioether (sulfide) groups is 1. The summed E-state index contributed by atoms with van der Waals surface area (Å²) in [5.74, 6) is 2.15. The number of benzene rings is 1. The smallest absolute Gasteiger partial charge is 0.226 e. The summed E-state index contributed by atoms with van der Waals surface area (Å²) in [6.07, 6.45) is 1.20. The molecule has 1 heterocycles. The lowest BCUT2D eigenvalue weighted by molar-refractivity contribution is -0.118. The highest BCUT2D eigenvalue weighted by atomic mass is 127. The van der Waals surface area contributed by atoms with Crippen molar-refractivity contribution in [3.63, 3.8) is 0 Å². The van der Waals surface area contributed by atoms with Crippen molar-refractivity contribution in [1.82, 2.24) is 10.2 Å². The number of hydrogen-bond acceptors (Lipinski definition) is 3. The van der Waals surface area contributed by atoms with Gasteiger partial charge in [-0.05, 0) is 24.1 Å². The molecule has 1 saturated heterocycles. The normalized spacial score (nSPS) is 17.7. The predicted molar refractivity (Wildman–Crippen MR) is 124 cm³/mol. The zero-order chi connectivity index (χ0) is 18.2. The molecule has 0 bridgehead atoms. The van der Waals surface area contributed by atoms with Gasteiger partial charge in [-0.2, -0.15) is 11.8 Å². The molecule has 146 valence electrons. The van der Waals surface area contributed by atoms with E-state index in [2.05, 4.69) is 39.2 Å². The molecule has 26 heavy (non-hydrogen) atoms. The van der Waals surface area contributed by atoms with E-state index in [0.717, 1.165) is 37.0 Å². The fourth-order valence-electron chi connectivity index (χ4n) is 2.66. The van der Waals surface area contributed by atoms with Crippen LogP contribution in [0.3, 0.4) is 0 Å². The van der Waals surface area contributed by atoms with Gasteiger partial charge in [-0.1, -0.05) is 32.9 Å². The van der Waals surface area contributed by atoms with Crippen molar-refractivity contribution in [3.8, 4) is 0 Å². The van der Waals surface area contributed by atoms with Crippen molar-refractivity contribution in [3.05, 3.63) is 29.8 Å². The molecule has 0 radical (unpaired) electrons. The van der Waals surface area contributed by atoms with Crippen molar-refractivity contribution in [2.24, 2.45) is 10.9 Å². The lowest BCUT2D eigenvalue weighted by Crippen LogP contribution is -2.47. The number of hydrogen-bond donors (Lipinski definition) is 2. The maximum absolute atomic E-state index is 11.7.